The van der Waals surface area contributed by atoms with Crippen LogP contribution in [-0.4, -0.2) is 14.3 Å². The quantitative estimate of drug-likeness (QED) is 0.734. The lowest BCUT2D eigenvalue weighted by Gasteiger charge is -2.14. The van der Waals surface area contributed by atoms with E-state index in [9.17, 15) is 13.2 Å². The predicted molar refractivity (Wildman–Crippen MR) is 99.4 cm³/mol. The van der Waals surface area contributed by atoms with Crippen LogP contribution in [0.1, 0.15) is 40.2 Å². The van der Waals surface area contributed by atoms with Crippen molar-refractivity contribution in [1.82, 2.24) is 5.32 Å². The Bertz CT molecular complexity index is 1070. The standard InChI is InChI=1S/C19H20N2O4S/c1-11-8-15(10-18(12(11)2)26(20,23)24)19(22)21-13(3)17-9-14-6-4-5-7-16(14)25-17/h4-10,13H,1-3H3,(H,21,22)(H2,20,23,24). The molecule has 0 aliphatic heterocycles. The number of rotatable bonds is 4. The maximum absolute atomic E-state index is 12.6. The summed E-state index contributed by atoms with van der Waals surface area (Å²) in [4.78, 5) is 12.6. The molecule has 6 nitrogen and oxygen atoms in total. The van der Waals surface area contributed by atoms with Gasteiger partial charge in [-0.1, -0.05) is 18.2 Å². The number of primary sulfonamides is 1. The van der Waals surface area contributed by atoms with Crippen molar-refractivity contribution in [3.63, 3.8) is 0 Å². The highest BCUT2D eigenvalue weighted by molar-refractivity contribution is 7.89. The van der Waals surface area contributed by atoms with Crippen LogP contribution in [0.3, 0.4) is 0 Å². The van der Waals surface area contributed by atoms with E-state index in [1.54, 1.807) is 26.8 Å². The summed E-state index contributed by atoms with van der Waals surface area (Å²) in [5.41, 5.74) is 2.19. The number of fused-ring (bicyclic) bond motifs is 1. The lowest BCUT2D eigenvalue weighted by Crippen LogP contribution is -2.27. The monoisotopic (exact) mass is 372 g/mol. The Morgan fingerprint density at radius 2 is 1.85 bits per heavy atom. The van der Waals surface area contributed by atoms with E-state index in [2.05, 4.69) is 5.32 Å². The molecule has 0 fully saturated rings. The van der Waals surface area contributed by atoms with Crippen molar-refractivity contribution in [3.05, 3.63) is 64.9 Å². The van der Waals surface area contributed by atoms with Gasteiger partial charge < -0.3 is 9.73 Å². The molecule has 1 atom stereocenters. The first-order chi connectivity index (χ1) is 12.2. The Hall–Kier alpha value is -2.64. The second-order valence-electron chi connectivity index (χ2n) is 6.34. The molecule has 136 valence electrons. The first-order valence-electron chi connectivity index (χ1n) is 8.10. The van der Waals surface area contributed by atoms with E-state index in [0.717, 1.165) is 11.0 Å². The van der Waals surface area contributed by atoms with Gasteiger partial charge in [0.05, 0.1) is 10.9 Å². The number of aryl methyl sites for hydroxylation is 1. The molecule has 1 amide bonds. The van der Waals surface area contributed by atoms with E-state index in [1.807, 2.05) is 30.3 Å². The van der Waals surface area contributed by atoms with Gasteiger partial charge in [0.15, 0.2) is 0 Å². The van der Waals surface area contributed by atoms with Crippen LogP contribution < -0.4 is 10.5 Å². The zero-order chi connectivity index (χ0) is 19.1. The molecule has 0 saturated heterocycles. The van der Waals surface area contributed by atoms with Gasteiger partial charge in [-0.2, -0.15) is 0 Å². The highest BCUT2D eigenvalue weighted by atomic mass is 32.2. The van der Waals surface area contributed by atoms with Crippen molar-refractivity contribution >= 4 is 26.9 Å². The van der Waals surface area contributed by atoms with Gasteiger partial charge in [-0.25, -0.2) is 13.6 Å². The van der Waals surface area contributed by atoms with Crippen LogP contribution in [0.4, 0.5) is 0 Å². The summed E-state index contributed by atoms with van der Waals surface area (Å²) in [5.74, 6) is 0.223. The Morgan fingerprint density at radius 1 is 1.15 bits per heavy atom. The largest absolute Gasteiger partial charge is 0.459 e. The van der Waals surface area contributed by atoms with Gasteiger partial charge in [0, 0.05) is 10.9 Å². The van der Waals surface area contributed by atoms with Gasteiger partial charge in [0.2, 0.25) is 10.0 Å². The van der Waals surface area contributed by atoms with Gasteiger partial charge in [0.1, 0.15) is 11.3 Å². The summed E-state index contributed by atoms with van der Waals surface area (Å²) in [6, 6.07) is 12.0. The molecule has 0 radical (unpaired) electrons. The Balaban J connectivity index is 1.89. The Morgan fingerprint density at radius 3 is 2.50 bits per heavy atom. The van der Waals surface area contributed by atoms with Crippen LogP contribution in [-0.2, 0) is 10.0 Å². The number of para-hydroxylation sites is 1. The molecule has 0 aliphatic rings. The molecule has 0 saturated carbocycles. The minimum atomic E-state index is -3.91. The maximum atomic E-state index is 12.6. The van der Waals surface area contributed by atoms with Gasteiger partial charge >= 0.3 is 0 Å². The molecule has 3 N–H and O–H groups in total. The van der Waals surface area contributed by atoms with E-state index in [1.165, 1.54) is 6.07 Å². The molecule has 26 heavy (non-hydrogen) atoms. The van der Waals surface area contributed by atoms with Crippen molar-refractivity contribution in [2.45, 2.75) is 31.7 Å². The minimum absolute atomic E-state index is 0.0426. The van der Waals surface area contributed by atoms with E-state index >= 15 is 0 Å². The fraction of sp³-hybridized carbons (Fsp3) is 0.211. The third-order valence-corrected chi connectivity index (χ3v) is 5.44. The molecule has 3 rings (SSSR count). The van der Waals surface area contributed by atoms with Crippen molar-refractivity contribution in [2.24, 2.45) is 5.14 Å². The van der Waals surface area contributed by atoms with Crippen LogP contribution in [0, 0.1) is 13.8 Å². The zero-order valence-corrected chi connectivity index (χ0v) is 15.6. The second-order valence-corrected chi connectivity index (χ2v) is 7.87. The molecule has 1 heterocycles. The topological polar surface area (TPSA) is 102 Å². The van der Waals surface area contributed by atoms with Crippen LogP contribution in [0.2, 0.25) is 0 Å². The number of sulfonamides is 1. The number of carbonyl (C=O) groups is 1. The number of nitrogens with two attached hydrogens (primary N) is 1. The fourth-order valence-electron chi connectivity index (χ4n) is 2.82. The number of carbonyl (C=O) groups excluding carboxylic acids is 1. The minimum Gasteiger partial charge on any atom is -0.459 e. The first-order valence-corrected chi connectivity index (χ1v) is 9.65. The van der Waals surface area contributed by atoms with Crippen molar-refractivity contribution in [3.8, 4) is 0 Å². The van der Waals surface area contributed by atoms with Gasteiger partial charge in [-0.3, -0.25) is 4.79 Å². The van der Waals surface area contributed by atoms with Gasteiger partial charge in [-0.05, 0) is 56.2 Å². The summed E-state index contributed by atoms with van der Waals surface area (Å²) >= 11 is 0. The van der Waals surface area contributed by atoms with Gasteiger partial charge in [0.25, 0.3) is 5.91 Å². The van der Waals surface area contributed by atoms with Crippen molar-refractivity contribution in [1.29, 1.82) is 0 Å². The average molecular weight is 372 g/mol. The number of amides is 1. The second kappa shape index (κ2) is 6.59. The average Bonchev–Trinajstić information content (AvgIpc) is 3.00. The van der Waals surface area contributed by atoms with E-state index < -0.39 is 15.9 Å². The third-order valence-electron chi connectivity index (χ3n) is 4.41. The molecule has 0 bridgehead atoms. The van der Waals surface area contributed by atoms with Crippen LogP contribution >= 0.6 is 0 Å². The van der Waals surface area contributed by atoms with Crippen molar-refractivity contribution < 1.29 is 17.6 Å². The van der Waals surface area contributed by atoms with Crippen molar-refractivity contribution in [2.75, 3.05) is 0 Å². The van der Waals surface area contributed by atoms with Crippen LogP contribution in [0.5, 0.6) is 0 Å². The number of hydrogen-bond donors (Lipinski definition) is 2. The SMILES string of the molecule is Cc1cc(C(=O)NC(C)c2cc3ccccc3o2)cc(S(N)(=O)=O)c1C. The summed E-state index contributed by atoms with van der Waals surface area (Å²) in [6.07, 6.45) is 0. The Kier molecular flexibility index (Phi) is 4.60. The summed E-state index contributed by atoms with van der Waals surface area (Å²) < 4.78 is 29.3. The predicted octanol–water partition coefficient (Wildman–Crippen LogP) is 3.19. The lowest BCUT2D eigenvalue weighted by atomic mass is 10.1. The lowest BCUT2D eigenvalue weighted by molar-refractivity contribution is 0.0935. The number of hydrogen-bond acceptors (Lipinski definition) is 4. The molecule has 3 aromatic rings. The molecule has 2 aromatic carbocycles. The summed E-state index contributed by atoms with van der Waals surface area (Å²) in [7, 11) is -3.91. The molecule has 1 unspecified atom stereocenters. The van der Waals surface area contributed by atoms with Crippen LogP contribution in [0.25, 0.3) is 11.0 Å². The molecule has 7 heteroatoms. The van der Waals surface area contributed by atoms with E-state index in [4.69, 9.17) is 9.56 Å². The molecular formula is C19H20N2O4S. The summed E-state index contributed by atoms with van der Waals surface area (Å²) in [6.45, 7) is 5.20. The van der Waals surface area contributed by atoms with E-state index in [-0.39, 0.29) is 16.5 Å². The fourth-order valence-corrected chi connectivity index (χ4v) is 3.70. The number of furan rings is 1. The van der Waals surface area contributed by atoms with E-state index in [0.29, 0.717) is 16.9 Å². The Labute approximate surface area is 152 Å². The normalized spacial score (nSPS) is 12.9. The smallest absolute Gasteiger partial charge is 0.251 e. The highest BCUT2D eigenvalue weighted by Gasteiger charge is 2.20. The highest BCUT2D eigenvalue weighted by Crippen LogP contribution is 2.25. The molecule has 0 spiro atoms. The number of nitrogens with one attached hydrogen (secondary N) is 1. The number of benzene rings is 2. The third kappa shape index (κ3) is 3.49. The molecular weight excluding hydrogens is 352 g/mol. The molecule has 0 aliphatic carbocycles. The van der Waals surface area contributed by atoms with Crippen LogP contribution in [0.15, 0.2) is 51.8 Å². The van der Waals surface area contributed by atoms with Gasteiger partial charge in [-0.15, -0.1) is 0 Å². The first kappa shape index (κ1) is 18.2. The maximum Gasteiger partial charge on any atom is 0.251 e. The summed E-state index contributed by atoms with van der Waals surface area (Å²) in [5, 5.41) is 9.04. The molecule has 1 aromatic heterocycles. The zero-order valence-electron chi connectivity index (χ0n) is 14.7.